The molecule has 5 heteroatoms. The van der Waals surface area contributed by atoms with Gasteiger partial charge in [0.05, 0.1) is 16.8 Å². The fourth-order valence-corrected chi connectivity index (χ4v) is 5.05. The van der Waals surface area contributed by atoms with Crippen LogP contribution in [0, 0.1) is 23.1 Å². The van der Waals surface area contributed by atoms with Crippen molar-refractivity contribution in [1.82, 2.24) is 9.47 Å². The zero-order valence-corrected chi connectivity index (χ0v) is 16.2. The molecular weight excluding hydrogens is 351 g/mol. The van der Waals surface area contributed by atoms with Gasteiger partial charge in [-0.25, -0.2) is 4.39 Å². The van der Waals surface area contributed by atoms with Gasteiger partial charge in [-0.1, -0.05) is 12.8 Å². The van der Waals surface area contributed by atoms with Gasteiger partial charge >= 0.3 is 0 Å². The molecule has 2 aromatic rings. The third-order valence-electron chi connectivity index (χ3n) is 6.68. The molecule has 1 aromatic heterocycles. The van der Waals surface area contributed by atoms with Gasteiger partial charge in [-0.3, -0.25) is 4.99 Å². The summed E-state index contributed by atoms with van der Waals surface area (Å²) in [5.74, 6) is 0.434. The Morgan fingerprint density at radius 1 is 1.21 bits per heavy atom. The molecule has 5 rings (SSSR count). The van der Waals surface area contributed by atoms with E-state index in [1.165, 1.54) is 31.7 Å². The van der Waals surface area contributed by atoms with Crippen LogP contribution in [-0.2, 0) is 0 Å². The normalized spacial score (nSPS) is 23.5. The van der Waals surface area contributed by atoms with E-state index in [0.717, 1.165) is 29.4 Å². The highest BCUT2D eigenvalue weighted by atomic mass is 19.1. The van der Waals surface area contributed by atoms with Gasteiger partial charge in [0.1, 0.15) is 11.9 Å². The van der Waals surface area contributed by atoms with E-state index in [2.05, 4.69) is 28.7 Å². The Morgan fingerprint density at radius 3 is 2.71 bits per heavy atom. The molecule has 0 radical (unpaired) electrons. The smallest absolute Gasteiger partial charge is 0.163 e. The molecule has 2 saturated carbocycles. The number of hydrogen-bond donors (Lipinski definition) is 0. The predicted molar refractivity (Wildman–Crippen MR) is 109 cm³/mol. The topological polar surface area (TPSA) is 44.3 Å². The lowest BCUT2D eigenvalue weighted by Gasteiger charge is -2.36. The van der Waals surface area contributed by atoms with Gasteiger partial charge in [0.15, 0.2) is 6.17 Å². The van der Waals surface area contributed by atoms with Crippen LogP contribution in [0.1, 0.15) is 68.9 Å². The second-order valence-corrected chi connectivity index (χ2v) is 8.38. The molecule has 1 aromatic carbocycles. The number of fused-ring (bicyclic) bond motifs is 1. The number of aliphatic imine (C=N–C) groups is 1. The molecule has 2 aliphatic carbocycles. The van der Waals surface area contributed by atoms with Crippen LogP contribution in [0.2, 0.25) is 0 Å². The average molecular weight is 376 g/mol. The molecule has 28 heavy (non-hydrogen) atoms. The van der Waals surface area contributed by atoms with E-state index in [1.807, 2.05) is 12.3 Å². The largest absolute Gasteiger partial charge is 0.348 e. The first-order valence-corrected chi connectivity index (χ1v) is 10.4. The predicted octanol–water partition coefficient (Wildman–Crippen LogP) is 5.46. The number of hydrogen-bond acceptors (Lipinski definition) is 3. The molecule has 1 aliphatic heterocycles. The standard InChI is InChI=1S/C23H25FN4/c1-15(16-7-8-16)27-12-4-11-26-23(27)22-20(14-25)19-10-9-17(24)13-21(19)28(22)18-5-2-3-6-18/h4,9-13,15-16,18,23H,2-3,5-8H2,1H3/t15-,23?/m0/s1. The lowest BCUT2D eigenvalue weighted by Crippen LogP contribution is -2.35. The van der Waals surface area contributed by atoms with Crippen LogP contribution >= 0.6 is 0 Å². The van der Waals surface area contributed by atoms with E-state index in [9.17, 15) is 9.65 Å². The van der Waals surface area contributed by atoms with Crippen LogP contribution in [0.15, 0.2) is 35.5 Å². The first-order chi connectivity index (χ1) is 13.7. The number of rotatable bonds is 4. The summed E-state index contributed by atoms with van der Waals surface area (Å²) in [4.78, 5) is 7.12. The quantitative estimate of drug-likeness (QED) is 0.711. The number of benzene rings is 1. The maximum Gasteiger partial charge on any atom is 0.163 e. The average Bonchev–Trinajstić information content (AvgIpc) is 3.33. The molecule has 0 amide bonds. The number of aromatic nitrogens is 1. The summed E-state index contributed by atoms with van der Waals surface area (Å²) in [6.07, 6.45) is 12.7. The summed E-state index contributed by atoms with van der Waals surface area (Å²) in [6, 6.07) is 7.92. The van der Waals surface area contributed by atoms with E-state index >= 15 is 0 Å². The van der Waals surface area contributed by atoms with E-state index in [0.29, 0.717) is 23.6 Å². The highest BCUT2D eigenvalue weighted by molar-refractivity contribution is 5.89. The van der Waals surface area contributed by atoms with E-state index < -0.39 is 0 Å². The number of nitriles is 1. The zero-order valence-electron chi connectivity index (χ0n) is 16.2. The lowest BCUT2D eigenvalue weighted by molar-refractivity contribution is 0.192. The maximum absolute atomic E-state index is 14.2. The highest BCUT2D eigenvalue weighted by Crippen LogP contribution is 2.44. The van der Waals surface area contributed by atoms with E-state index in [-0.39, 0.29) is 12.0 Å². The van der Waals surface area contributed by atoms with Gasteiger partial charge in [0.2, 0.25) is 0 Å². The van der Waals surface area contributed by atoms with Crippen molar-refractivity contribution in [1.29, 1.82) is 5.26 Å². The van der Waals surface area contributed by atoms with Crippen LogP contribution < -0.4 is 0 Å². The third kappa shape index (κ3) is 2.74. The summed E-state index contributed by atoms with van der Waals surface area (Å²) >= 11 is 0. The Labute approximate surface area is 165 Å². The molecular formula is C23H25FN4. The van der Waals surface area contributed by atoms with Gasteiger partial charge in [-0.05, 0) is 62.8 Å². The van der Waals surface area contributed by atoms with Crippen molar-refractivity contribution in [3.8, 4) is 6.07 Å². The second kappa shape index (κ2) is 6.77. The van der Waals surface area contributed by atoms with Crippen molar-refractivity contribution >= 4 is 17.1 Å². The summed E-state index contributed by atoms with van der Waals surface area (Å²) in [6.45, 7) is 2.25. The maximum atomic E-state index is 14.2. The molecule has 0 saturated heterocycles. The molecule has 4 nitrogen and oxygen atoms in total. The number of nitrogens with zero attached hydrogens (tertiary/aromatic N) is 4. The minimum atomic E-state index is -0.254. The SMILES string of the molecule is C[C@@H](C1CC1)N1C=CC=NC1c1c(C#N)c2ccc(F)cc2n1C1CCCC1. The molecule has 144 valence electrons. The molecule has 1 unspecified atom stereocenters. The second-order valence-electron chi connectivity index (χ2n) is 8.38. The Hall–Kier alpha value is -2.61. The monoisotopic (exact) mass is 376 g/mol. The fourth-order valence-electron chi connectivity index (χ4n) is 5.05. The Bertz CT molecular complexity index is 1000. The van der Waals surface area contributed by atoms with Gasteiger partial charge in [-0.2, -0.15) is 5.26 Å². The van der Waals surface area contributed by atoms with Crippen molar-refractivity contribution in [2.45, 2.75) is 63.7 Å². The lowest BCUT2D eigenvalue weighted by atomic mass is 10.1. The first kappa shape index (κ1) is 17.5. The number of allylic oxidation sites excluding steroid dienone is 1. The molecule has 0 spiro atoms. The van der Waals surface area contributed by atoms with Crippen molar-refractivity contribution in [2.24, 2.45) is 10.9 Å². The van der Waals surface area contributed by atoms with Crippen LogP contribution in [-0.4, -0.2) is 21.7 Å². The molecule has 3 aliphatic rings. The molecule has 2 heterocycles. The van der Waals surface area contributed by atoms with Crippen molar-refractivity contribution < 1.29 is 4.39 Å². The molecule has 2 atom stereocenters. The van der Waals surface area contributed by atoms with E-state index in [1.54, 1.807) is 12.1 Å². The first-order valence-electron chi connectivity index (χ1n) is 10.4. The summed E-state index contributed by atoms with van der Waals surface area (Å²) in [5, 5.41) is 10.9. The van der Waals surface area contributed by atoms with Crippen LogP contribution in [0.3, 0.4) is 0 Å². The molecule has 2 fully saturated rings. The van der Waals surface area contributed by atoms with Crippen molar-refractivity contribution in [3.63, 3.8) is 0 Å². The number of halogens is 1. The summed E-state index contributed by atoms with van der Waals surface area (Å²) < 4.78 is 16.4. The zero-order chi connectivity index (χ0) is 19.3. The van der Waals surface area contributed by atoms with Gasteiger partial charge in [-0.15, -0.1) is 0 Å². The van der Waals surface area contributed by atoms with Crippen LogP contribution in [0.5, 0.6) is 0 Å². The highest BCUT2D eigenvalue weighted by Gasteiger charge is 2.38. The Kier molecular flexibility index (Phi) is 4.23. The Balaban J connectivity index is 1.73. The minimum absolute atomic E-state index is 0.230. The van der Waals surface area contributed by atoms with E-state index in [4.69, 9.17) is 4.99 Å². The fraction of sp³-hybridized carbons (Fsp3) is 0.478. The molecule has 0 N–H and O–H groups in total. The van der Waals surface area contributed by atoms with Crippen molar-refractivity contribution in [3.05, 3.63) is 47.5 Å². The molecule has 0 bridgehead atoms. The van der Waals surface area contributed by atoms with Crippen LogP contribution in [0.4, 0.5) is 4.39 Å². The summed E-state index contributed by atoms with van der Waals surface area (Å²) in [7, 11) is 0. The van der Waals surface area contributed by atoms with Crippen molar-refractivity contribution in [2.75, 3.05) is 0 Å². The summed E-state index contributed by atoms with van der Waals surface area (Å²) in [5.41, 5.74) is 2.41. The van der Waals surface area contributed by atoms with Gasteiger partial charge in [0.25, 0.3) is 0 Å². The van der Waals surface area contributed by atoms with Gasteiger partial charge < -0.3 is 9.47 Å². The van der Waals surface area contributed by atoms with Crippen LogP contribution in [0.25, 0.3) is 10.9 Å². The Morgan fingerprint density at radius 2 is 2.00 bits per heavy atom. The minimum Gasteiger partial charge on any atom is -0.348 e. The van der Waals surface area contributed by atoms with Gasteiger partial charge in [0, 0.05) is 29.9 Å². The third-order valence-corrected chi connectivity index (χ3v) is 6.68.